The van der Waals surface area contributed by atoms with Gasteiger partial charge in [-0.05, 0) is 13.5 Å². The van der Waals surface area contributed by atoms with Gasteiger partial charge in [-0.1, -0.05) is 6.92 Å². The molecular formula is C10H19N5O. The van der Waals surface area contributed by atoms with E-state index in [2.05, 4.69) is 10.5 Å². The minimum Gasteiger partial charge on any atom is -0.293 e. The third kappa shape index (κ3) is 3.04. The molecule has 90 valence electrons. The molecule has 1 heterocycles. The van der Waals surface area contributed by atoms with Crippen molar-refractivity contribution in [3.05, 3.63) is 18.0 Å². The number of carbonyl (C=O) groups is 1. The van der Waals surface area contributed by atoms with Crippen LogP contribution >= 0.6 is 0 Å². The second-order valence-electron chi connectivity index (χ2n) is 3.87. The van der Waals surface area contributed by atoms with E-state index in [1.807, 2.05) is 32.1 Å². The number of likely N-dealkylation sites (N-methyl/N-ethyl adjacent to an activating group) is 1. The highest BCUT2D eigenvalue weighted by Crippen LogP contribution is 2.07. The van der Waals surface area contributed by atoms with E-state index in [1.165, 1.54) is 0 Å². The lowest BCUT2D eigenvalue weighted by atomic mass is 10.1. The van der Waals surface area contributed by atoms with E-state index in [-0.39, 0.29) is 11.9 Å². The van der Waals surface area contributed by atoms with Gasteiger partial charge >= 0.3 is 0 Å². The van der Waals surface area contributed by atoms with Gasteiger partial charge in [-0.3, -0.25) is 19.8 Å². The van der Waals surface area contributed by atoms with Crippen molar-refractivity contribution >= 4 is 5.91 Å². The molecular weight excluding hydrogens is 206 g/mol. The smallest absolute Gasteiger partial charge is 0.251 e. The average Bonchev–Trinajstić information content (AvgIpc) is 2.64. The van der Waals surface area contributed by atoms with Crippen LogP contribution in [0.4, 0.5) is 0 Å². The predicted octanol–water partition coefficient (Wildman–Crippen LogP) is -0.380. The van der Waals surface area contributed by atoms with Crippen molar-refractivity contribution in [1.82, 2.24) is 20.1 Å². The Labute approximate surface area is 95.4 Å². The van der Waals surface area contributed by atoms with Gasteiger partial charge < -0.3 is 0 Å². The number of aromatic nitrogens is 2. The van der Waals surface area contributed by atoms with Crippen LogP contribution in [0.5, 0.6) is 0 Å². The summed E-state index contributed by atoms with van der Waals surface area (Å²) in [6.45, 7) is 2.64. The fourth-order valence-electron chi connectivity index (χ4n) is 1.75. The molecule has 0 bridgehead atoms. The van der Waals surface area contributed by atoms with Crippen LogP contribution in [0, 0.1) is 0 Å². The van der Waals surface area contributed by atoms with Crippen LogP contribution in [0.15, 0.2) is 12.4 Å². The average molecular weight is 225 g/mol. The summed E-state index contributed by atoms with van der Waals surface area (Å²) in [6, 6.07) is -0.204. The largest absolute Gasteiger partial charge is 0.293 e. The van der Waals surface area contributed by atoms with Gasteiger partial charge in [0.05, 0.1) is 12.2 Å². The first-order valence-electron chi connectivity index (χ1n) is 5.26. The molecule has 1 amide bonds. The highest BCUT2D eigenvalue weighted by atomic mass is 16.2. The molecule has 0 saturated heterocycles. The third-order valence-corrected chi connectivity index (χ3v) is 2.55. The molecule has 0 aromatic carbocycles. The van der Waals surface area contributed by atoms with E-state index in [9.17, 15) is 4.79 Å². The minimum absolute atomic E-state index is 0.158. The molecule has 3 N–H and O–H groups in total. The number of nitrogens with two attached hydrogens (primary N) is 1. The summed E-state index contributed by atoms with van der Waals surface area (Å²) < 4.78 is 1.74. The lowest BCUT2D eigenvalue weighted by Gasteiger charge is -2.24. The van der Waals surface area contributed by atoms with Crippen molar-refractivity contribution in [2.24, 2.45) is 12.9 Å². The molecule has 0 aliphatic rings. The lowest BCUT2D eigenvalue weighted by Crippen LogP contribution is -2.46. The summed E-state index contributed by atoms with van der Waals surface area (Å²) in [5, 5.41) is 4.08. The molecule has 1 atom stereocenters. The van der Waals surface area contributed by atoms with E-state index in [0.29, 0.717) is 6.54 Å². The van der Waals surface area contributed by atoms with Crippen LogP contribution in [-0.4, -0.2) is 33.7 Å². The van der Waals surface area contributed by atoms with Crippen molar-refractivity contribution < 1.29 is 4.79 Å². The summed E-state index contributed by atoms with van der Waals surface area (Å²) in [6.07, 6.45) is 4.45. The van der Waals surface area contributed by atoms with Crippen LogP contribution in [0.3, 0.4) is 0 Å². The maximum atomic E-state index is 11.5. The van der Waals surface area contributed by atoms with Crippen molar-refractivity contribution in [3.63, 3.8) is 0 Å². The number of hydrogen-bond donors (Lipinski definition) is 2. The number of hydrogen-bond acceptors (Lipinski definition) is 4. The summed E-state index contributed by atoms with van der Waals surface area (Å²) in [7, 11) is 3.77. The Bertz CT molecular complexity index is 349. The summed E-state index contributed by atoms with van der Waals surface area (Å²) in [4.78, 5) is 13.4. The van der Waals surface area contributed by atoms with E-state index in [4.69, 9.17) is 5.84 Å². The number of nitrogens with one attached hydrogen (secondary N) is 1. The standard InChI is InChI=1S/C10H19N5O/c1-4-9(10(16)13-11)14(2)6-8-5-12-15(3)7-8/h5,7,9H,4,6,11H2,1-3H3,(H,13,16). The summed E-state index contributed by atoms with van der Waals surface area (Å²) >= 11 is 0. The minimum atomic E-state index is -0.204. The second-order valence-corrected chi connectivity index (χ2v) is 3.87. The molecule has 6 nitrogen and oxygen atoms in total. The summed E-state index contributed by atoms with van der Waals surface area (Å²) in [5.74, 6) is 4.98. The number of hydrazine groups is 1. The van der Waals surface area contributed by atoms with Crippen LogP contribution in [0.2, 0.25) is 0 Å². The number of aryl methyl sites for hydroxylation is 1. The Morgan fingerprint density at radius 1 is 1.75 bits per heavy atom. The normalized spacial score (nSPS) is 12.8. The predicted molar refractivity (Wildman–Crippen MR) is 61.1 cm³/mol. The van der Waals surface area contributed by atoms with Gasteiger partial charge in [0.15, 0.2) is 0 Å². The molecule has 1 rings (SSSR count). The molecule has 16 heavy (non-hydrogen) atoms. The fraction of sp³-hybridized carbons (Fsp3) is 0.600. The topological polar surface area (TPSA) is 76.2 Å². The van der Waals surface area contributed by atoms with Crippen molar-refractivity contribution in [3.8, 4) is 0 Å². The Morgan fingerprint density at radius 2 is 2.44 bits per heavy atom. The molecule has 0 aliphatic carbocycles. The van der Waals surface area contributed by atoms with Crippen LogP contribution in [-0.2, 0) is 18.4 Å². The SMILES string of the molecule is CCC(C(=O)NN)N(C)Cc1cnn(C)c1. The van der Waals surface area contributed by atoms with Crippen LogP contribution in [0.1, 0.15) is 18.9 Å². The molecule has 1 unspecified atom stereocenters. The van der Waals surface area contributed by atoms with Crippen molar-refractivity contribution in [2.45, 2.75) is 25.9 Å². The quantitative estimate of drug-likeness (QED) is 0.407. The maximum absolute atomic E-state index is 11.5. The first-order valence-corrected chi connectivity index (χ1v) is 5.26. The highest BCUT2D eigenvalue weighted by Gasteiger charge is 2.20. The van der Waals surface area contributed by atoms with E-state index >= 15 is 0 Å². The zero-order valence-electron chi connectivity index (χ0n) is 9.97. The molecule has 0 saturated carbocycles. The molecule has 1 aromatic rings. The Hall–Kier alpha value is -1.40. The third-order valence-electron chi connectivity index (χ3n) is 2.55. The van der Waals surface area contributed by atoms with Gasteiger partial charge in [-0.15, -0.1) is 0 Å². The number of nitrogens with zero attached hydrogens (tertiary/aromatic N) is 3. The molecule has 0 aliphatic heterocycles. The molecule has 6 heteroatoms. The highest BCUT2D eigenvalue weighted by molar-refractivity contribution is 5.80. The fourth-order valence-corrected chi connectivity index (χ4v) is 1.75. The number of rotatable bonds is 5. The summed E-state index contributed by atoms with van der Waals surface area (Å²) in [5.41, 5.74) is 3.26. The first kappa shape index (κ1) is 12.7. The molecule has 0 radical (unpaired) electrons. The second kappa shape index (κ2) is 5.62. The van der Waals surface area contributed by atoms with Gasteiger partial charge in [0.1, 0.15) is 0 Å². The number of amides is 1. The van der Waals surface area contributed by atoms with E-state index in [0.717, 1.165) is 12.0 Å². The van der Waals surface area contributed by atoms with Crippen LogP contribution < -0.4 is 11.3 Å². The van der Waals surface area contributed by atoms with Gasteiger partial charge in [0.2, 0.25) is 0 Å². The van der Waals surface area contributed by atoms with Gasteiger partial charge in [-0.25, -0.2) is 5.84 Å². The van der Waals surface area contributed by atoms with Gasteiger partial charge in [-0.2, -0.15) is 5.10 Å². The first-order chi connectivity index (χ1) is 7.58. The molecule has 0 fully saturated rings. The van der Waals surface area contributed by atoms with E-state index < -0.39 is 0 Å². The van der Waals surface area contributed by atoms with Gasteiger partial charge in [0, 0.05) is 25.4 Å². The monoisotopic (exact) mass is 225 g/mol. The Kier molecular flexibility index (Phi) is 4.45. The van der Waals surface area contributed by atoms with Crippen molar-refractivity contribution in [2.75, 3.05) is 7.05 Å². The van der Waals surface area contributed by atoms with Gasteiger partial charge in [0.25, 0.3) is 5.91 Å². The maximum Gasteiger partial charge on any atom is 0.251 e. The van der Waals surface area contributed by atoms with Crippen LogP contribution in [0.25, 0.3) is 0 Å². The lowest BCUT2D eigenvalue weighted by molar-refractivity contribution is -0.126. The zero-order chi connectivity index (χ0) is 12.1. The molecule has 1 aromatic heterocycles. The number of carbonyl (C=O) groups excluding carboxylic acids is 1. The Balaban J connectivity index is 2.62. The molecule has 0 spiro atoms. The van der Waals surface area contributed by atoms with E-state index in [1.54, 1.807) is 10.9 Å². The zero-order valence-corrected chi connectivity index (χ0v) is 9.97. The Morgan fingerprint density at radius 3 is 2.88 bits per heavy atom. The van der Waals surface area contributed by atoms with Crippen molar-refractivity contribution in [1.29, 1.82) is 0 Å².